The number of nitrogens with one attached hydrogen (secondary N) is 1. The van der Waals surface area contributed by atoms with Gasteiger partial charge in [0.2, 0.25) is 0 Å². The summed E-state index contributed by atoms with van der Waals surface area (Å²) in [5.41, 5.74) is 4.06. The highest BCUT2D eigenvalue weighted by Crippen LogP contribution is 2.25. The van der Waals surface area contributed by atoms with E-state index in [0.29, 0.717) is 6.54 Å². The lowest BCUT2D eigenvalue weighted by Gasteiger charge is -2.08. The lowest BCUT2D eigenvalue weighted by atomic mass is 10.1. The molecule has 3 rings (SSSR count). The molecule has 0 aliphatic carbocycles. The molecule has 1 heterocycles. The van der Waals surface area contributed by atoms with Gasteiger partial charge in [-0.05, 0) is 35.7 Å². The predicted octanol–water partition coefficient (Wildman–Crippen LogP) is 2.86. The third-order valence-corrected chi connectivity index (χ3v) is 3.60. The molecule has 20 heavy (non-hydrogen) atoms. The topological polar surface area (TPSA) is 38.3 Å². The summed E-state index contributed by atoms with van der Waals surface area (Å²) in [7, 11) is 0. The van der Waals surface area contributed by atoms with Crippen LogP contribution in [0, 0.1) is 6.92 Å². The van der Waals surface area contributed by atoms with Crippen LogP contribution < -0.4 is 10.1 Å². The third kappa shape index (κ3) is 2.52. The lowest BCUT2D eigenvalue weighted by Crippen LogP contribution is -2.23. The van der Waals surface area contributed by atoms with Crippen LogP contribution in [0.5, 0.6) is 5.75 Å². The van der Waals surface area contributed by atoms with Crippen molar-refractivity contribution in [1.29, 1.82) is 0 Å². The van der Waals surface area contributed by atoms with Crippen LogP contribution in [-0.2, 0) is 13.0 Å². The summed E-state index contributed by atoms with van der Waals surface area (Å²) in [5, 5.41) is 2.97. The van der Waals surface area contributed by atoms with Gasteiger partial charge in [-0.2, -0.15) is 0 Å². The maximum absolute atomic E-state index is 12.1. The number of hydrogen-bond donors (Lipinski definition) is 1. The van der Waals surface area contributed by atoms with Crippen molar-refractivity contribution in [2.45, 2.75) is 19.9 Å². The van der Waals surface area contributed by atoms with Gasteiger partial charge in [-0.1, -0.05) is 30.3 Å². The maximum Gasteiger partial charge on any atom is 0.251 e. The summed E-state index contributed by atoms with van der Waals surface area (Å²) in [6.07, 6.45) is 0.953. The number of benzene rings is 2. The Kier molecular flexibility index (Phi) is 3.42. The Morgan fingerprint density at radius 1 is 1.25 bits per heavy atom. The van der Waals surface area contributed by atoms with Gasteiger partial charge in [0.1, 0.15) is 5.75 Å². The molecule has 0 saturated heterocycles. The van der Waals surface area contributed by atoms with Crippen molar-refractivity contribution in [2.24, 2.45) is 0 Å². The summed E-state index contributed by atoms with van der Waals surface area (Å²) >= 11 is 0. The van der Waals surface area contributed by atoms with E-state index >= 15 is 0 Å². The van der Waals surface area contributed by atoms with Crippen molar-refractivity contribution in [3.8, 4) is 5.75 Å². The molecule has 3 heteroatoms. The average molecular weight is 267 g/mol. The summed E-state index contributed by atoms with van der Waals surface area (Å²) in [6, 6.07) is 13.7. The third-order valence-electron chi connectivity index (χ3n) is 3.60. The van der Waals surface area contributed by atoms with Crippen LogP contribution in [-0.4, -0.2) is 12.5 Å². The van der Waals surface area contributed by atoms with E-state index < -0.39 is 0 Å². The highest BCUT2D eigenvalue weighted by atomic mass is 16.5. The normalized spacial score (nSPS) is 12.7. The molecule has 0 spiro atoms. The smallest absolute Gasteiger partial charge is 0.251 e. The Labute approximate surface area is 118 Å². The maximum atomic E-state index is 12.1. The molecule has 3 nitrogen and oxygen atoms in total. The van der Waals surface area contributed by atoms with Crippen LogP contribution in [0.3, 0.4) is 0 Å². The van der Waals surface area contributed by atoms with Crippen molar-refractivity contribution < 1.29 is 9.53 Å². The monoisotopic (exact) mass is 267 g/mol. The first-order valence-electron chi connectivity index (χ1n) is 6.82. The van der Waals surface area contributed by atoms with E-state index in [-0.39, 0.29) is 5.91 Å². The fourth-order valence-electron chi connectivity index (χ4n) is 2.46. The Morgan fingerprint density at radius 2 is 2.10 bits per heavy atom. The zero-order chi connectivity index (χ0) is 13.9. The van der Waals surface area contributed by atoms with Crippen molar-refractivity contribution in [3.63, 3.8) is 0 Å². The molecule has 102 valence electrons. The second-order valence-corrected chi connectivity index (χ2v) is 5.04. The first kappa shape index (κ1) is 12.7. The first-order valence-corrected chi connectivity index (χ1v) is 6.82. The molecule has 1 N–H and O–H groups in total. The summed E-state index contributed by atoms with van der Waals surface area (Å²) in [6.45, 7) is 3.25. The second-order valence-electron chi connectivity index (χ2n) is 5.04. The lowest BCUT2D eigenvalue weighted by molar-refractivity contribution is 0.0950. The highest BCUT2D eigenvalue weighted by Gasteiger charge is 2.13. The van der Waals surface area contributed by atoms with E-state index in [1.54, 1.807) is 0 Å². The van der Waals surface area contributed by atoms with Gasteiger partial charge >= 0.3 is 0 Å². The van der Waals surface area contributed by atoms with Crippen molar-refractivity contribution in [2.75, 3.05) is 6.61 Å². The number of ether oxygens (including phenoxy) is 1. The molecular formula is C17H17NO2. The van der Waals surface area contributed by atoms with Gasteiger partial charge in [0.25, 0.3) is 5.91 Å². The molecule has 2 aromatic rings. The molecule has 0 fully saturated rings. The van der Waals surface area contributed by atoms with Crippen LogP contribution in [0.25, 0.3) is 0 Å². The van der Waals surface area contributed by atoms with Crippen LogP contribution in [0.4, 0.5) is 0 Å². The minimum Gasteiger partial charge on any atom is -0.493 e. The van der Waals surface area contributed by atoms with Gasteiger partial charge in [-0.15, -0.1) is 0 Å². The summed E-state index contributed by atoms with van der Waals surface area (Å²) in [5.74, 6) is 0.943. The molecular weight excluding hydrogens is 250 g/mol. The average Bonchev–Trinajstić information content (AvgIpc) is 2.92. The van der Waals surface area contributed by atoms with Crippen LogP contribution in [0.2, 0.25) is 0 Å². The number of carbonyl (C=O) groups is 1. The number of hydrogen-bond acceptors (Lipinski definition) is 2. The Balaban J connectivity index is 1.68. The van der Waals surface area contributed by atoms with Crippen LogP contribution >= 0.6 is 0 Å². The molecule has 0 radical (unpaired) electrons. The molecule has 1 aliphatic rings. The quantitative estimate of drug-likeness (QED) is 0.928. The zero-order valence-corrected chi connectivity index (χ0v) is 11.5. The van der Waals surface area contributed by atoms with Gasteiger partial charge in [0.05, 0.1) is 6.61 Å². The Hall–Kier alpha value is -2.29. The van der Waals surface area contributed by atoms with Gasteiger partial charge in [0, 0.05) is 18.5 Å². The van der Waals surface area contributed by atoms with Gasteiger partial charge in [-0.3, -0.25) is 4.79 Å². The van der Waals surface area contributed by atoms with Crippen LogP contribution in [0.1, 0.15) is 27.0 Å². The fraction of sp³-hybridized carbons (Fsp3) is 0.235. The number of rotatable bonds is 3. The number of fused-ring (bicyclic) bond motifs is 1. The summed E-state index contributed by atoms with van der Waals surface area (Å²) < 4.78 is 5.48. The van der Waals surface area contributed by atoms with E-state index in [0.717, 1.165) is 35.5 Å². The number of carbonyl (C=O) groups excluding carboxylic acids is 1. The highest BCUT2D eigenvalue weighted by molar-refractivity contribution is 5.95. The standard InChI is InChI=1S/C17H17NO2/c1-12-4-2-3-5-15(12)17(19)18-11-13-6-7-16-14(10-13)8-9-20-16/h2-7,10H,8-9,11H2,1H3,(H,18,19). The number of aryl methyl sites for hydroxylation is 1. The molecule has 2 aromatic carbocycles. The minimum absolute atomic E-state index is 0.0279. The van der Waals surface area contributed by atoms with E-state index in [9.17, 15) is 4.79 Å². The van der Waals surface area contributed by atoms with E-state index in [1.807, 2.05) is 43.3 Å². The minimum atomic E-state index is -0.0279. The predicted molar refractivity (Wildman–Crippen MR) is 78.0 cm³/mol. The van der Waals surface area contributed by atoms with Crippen molar-refractivity contribution >= 4 is 5.91 Å². The SMILES string of the molecule is Cc1ccccc1C(=O)NCc1ccc2c(c1)CCO2. The molecule has 1 aliphatic heterocycles. The summed E-state index contributed by atoms with van der Waals surface area (Å²) in [4.78, 5) is 12.1. The zero-order valence-electron chi connectivity index (χ0n) is 11.5. The molecule has 0 saturated carbocycles. The molecule has 0 bridgehead atoms. The van der Waals surface area contributed by atoms with Gasteiger partial charge < -0.3 is 10.1 Å². The van der Waals surface area contributed by atoms with E-state index in [1.165, 1.54) is 5.56 Å². The Bertz CT molecular complexity index is 649. The van der Waals surface area contributed by atoms with Gasteiger partial charge in [0.15, 0.2) is 0 Å². The molecule has 0 unspecified atom stereocenters. The van der Waals surface area contributed by atoms with Crippen molar-refractivity contribution in [3.05, 3.63) is 64.7 Å². The number of amides is 1. The van der Waals surface area contributed by atoms with Gasteiger partial charge in [-0.25, -0.2) is 0 Å². The van der Waals surface area contributed by atoms with Crippen molar-refractivity contribution in [1.82, 2.24) is 5.32 Å². The van der Waals surface area contributed by atoms with E-state index in [2.05, 4.69) is 11.4 Å². The molecule has 0 aromatic heterocycles. The van der Waals surface area contributed by atoms with Crippen LogP contribution in [0.15, 0.2) is 42.5 Å². The fourth-order valence-corrected chi connectivity index (χ4v) is 2.46. The largest absolute Gasteiger partial charge is 0.493 e. The second kappa shape index (κ2) is 5.37. The molecule has 1 amide bonds. The van der Waals surface area contributed by atoms with E-state index in [4.69, 9.17) is 4.74 Å². The Morgan fingerprint density at radius 3 is 2.95 bits per heavy atom. The first-order chi connectivity index (χ1) is 9.74. The molecule has 0 atom stereocenters.